The first-order valence-corrected chi connectivity index (χ1v) is 6.93. The lowest BCUT2D eigenvalue weighted by Crippen LogP contribution is -2.29. The van der Waals surface area contributed by atoms with Crippen LogP contribution in [0.2, 0.25) is 5.28 Å². The molecule has 106 valence electrons. The van der Waals surface area contributed by atoms with E-state index in [1.807, 2.05) is 0 Å². The molecule has 1 aliphatic rings. The Morgan fingerprint density at radius 2 is 2.00 bits per heavy atom. The van der Waals surface area contributed by atoms with E-state index < -0.39 is 0 Å². The van der Waals surface area contributed by atoms with Crippen molar-refractivity contribution in [3.63, 3.8) is 0 Å². The molecule has 0 atom stereocenters. The van der Waals surface area contributed by atoms with E-state index in [0.717, 1.165) is 25.7 Å². The van der Waals surface area contributed by atoms with Gasteiger partial charge < -0.3 is 10.4 Å². The van der Waals surface area contributed by atoms with Crippen LogP contribution in [0.15, 0.2) is 18.7 Å². The van der Waals surface area contributed by atoms with E-state index in [1.54, 1.807) is 23.3 Å². The third kappa shape index (κ3) is 3.05. The number of aliphatic hydroxyl groups excluding tert-OH is 1. The molecular weight excluding hydrogens is 280 g/mol. The highest BCUT2D eigenvalue weighted by molar-refractivity contribution is 6.28. The normalized spacial score (nSPS) is 22.7. The van der Waals surface area contributed by atoms with Crippen LogP contribution < -0.4 is 5.32 Å². The van der Waals surface area contributed by atoms with Gasteiger partial charge in [-0.25, -0.2) is 4.98 Å². The molecule has 0 radical (unpaired) electrons. The van der Waals surface area contributed by atoms with Crippen LogP contribution in [-0.2, 0) is 0 Å². The van der Waals surface area contributed by atoms with Crippen molar-refractivity contribution in [1.82, 2.24) is 24.5 Å². The highest BCUT2D eigenvalue weighted by Gasteiger charge is 2.20. The molecule has 8 heteroatoms. The van der Waals surface area contributed by atoms with Gasteiger partial charge in [0.25, 0.3) is 0 Å². The maximum atomic E-state index is 9.51. The Kier molecular flexibility index (Phi) is 3.79. The van der Waals surface area contributed by atoms with Gasteiger partial charge in [-0.05, 0) is 37.3 Å². The third-order valence-electron chi connectivity index (χ3n) is 3.36. The second-order valence-corrected chi connectivity index (χ2v) is 5.19. The fourth-order valence-corrected chi connectivity index (χ4v) is 2.46. The third-order valence-corrected chi connectivity index (χ3v) is 3.53. The summed E-state index contributed by atoms with van der Waals surface area (Å²) < 4.78 is 1.67. The predicted molar refractivity (Wildman–Crippen MR) is 73.8 cm³/mol. The number of anilines is 1. The zero-order valence-corrected chi connectivity index (χ0v) is 11.5. The van der Waals surface area contributed by atoms with Crippen molar-refractivity contribution in [2.24, 2.45) is 0 Å². The first kappa shape index (κ1) is 13.3. The molecule has 20 heavy (non-hydrogen) atoms. The van der Waals surface area contributed by atoms with Crippen molar-refractivity contribution in [2.45, 2.75) is 37.8 Å². The molecule has 3 rings (SSSR count). The Morgan fingerprint density at radius 3 is 2.70 bits per heavy atom. The molecule has 2 aromatic heterocycles. The van der Waals surface area contributed by atoms with Gasteiger partial charge in [-0.2, -0.15) is 15.0 Å². The number of nitrogens with one attached hydrogen (secondary N) is 1. The Bertz CT molecular complexity index is 567. The van der Waals surface area contributed by atoms with Crippen molar-refractivity contribution in [2.75, 3.05) is 5.32 Å². The van der Waals surface area contributed by atoms with E-state index in [0.29, 0.717) is 11.9 Å². The van der Waals surface area contributed by atoms with Gasteiger partial charge in [-0.3, -0.25) is 4.57 Å². The van der Waals surface area contributed by atoms with E-state index in [9.17, 15) is 5.11 Å². The summed E-state index contributed by atoms with van der Waals surface area (Å²) in [5, 5.41) is 12.9. The van der Waals surface area contributed by atoms with Gasteiger partial charge >= 0.3 is 0 Å². The first-order valence-electron chi connectivity index (χ1n) is 6.55. The monoisotopic (exact) mass is 294 g/mol. The smallest absolute Gasteiger partial charge is 0.241 e. The lowest BCUT2D eigenvalue weighted by atomic mass is 9.93. The van der Waals surface area contributed by atoms with Gasteiger partial charge in [-0.1, -0.05) is 0 Å². The second kappa shape index (κ2) is 5.72. The van der Waals surface area contributed by atoms with Crippen molar-refractivity contribution in [1.29, 1.82) is 0 Å². The molecule has 0 unspecified atom stereocenters. The molecule has 7 nitrogen and oxygen atoms in total. The van der Waals surface area contributed by atoms with Gasteiger partial charge in [0.2, 0.25) is 17.2 Å². The average Bonchev–Trinajstić information content (AvgIpc) is 2.95. The van der Waals surface area contributed by atoms with Crippen LogP contribution in [0.3, 0.4) is 0 Å². The van der Waals surface area contributed by atoms with Crippen LogP contribution >= 0.6 is 11.6 Å². The zero-order chi connectivity index (χ0) is 13.9. The first-order chi connectivity index (χ1) is 9.70. The van der Waals surface area contributed by atoms with Gasteiger partial charge in [0.1, 0.15) is 6.33 Å². The maximum absolute atomic E-state index is 9.51. The topological polar surface area (TPSA) is 88.8 Å². The Hall–Kier alpha value is -1.73. The predicted octanol–water partition coefficient (Wildman–Crippen LogP) is 1.43. The van der Waals surface area contributed by atoms with Gasteiger partial charge in [0.15, 0.2) is 0 Å². The van der Waals surface area contributed by atoms with E-state index in [2.05, 4.69) is 25.3 Å². The van der Waals surface area contributed by atoms with Crippen molar-refractivity contribution >= 4 is 17.5 Å². The summed E-state index contributed by atoms with van der Waals surface area (Å²) >= 11 is 5.93. The van der Waals surface area contributed by atoms with Crippen LogP contribution in [0.4, 0.5) is 5.95 Å². The summed E-state index contributed by atoms with van der Waals surface area (Å²) in [4.78, 5) is 16.4. The van der Waals surface area contributed by atoms with E-state index >= 15 is 0 Å². The number of hydrogen-bond acceptors (Lipinski definition) is 6. The number of aliphatic hydroxyl groups is 1. The van der Waals surface area contributed by atoms with Crippen molar-refractivity contribution < 1.29 is 5.11 Å². The minimum atomic E-state index is -0.184. The molecule has 0 aromatic carbocycles. The molecule has 2 heterocycles. The molecule has 2 aromatic rings. The molecule has 2 N–H and O–H groups in total. The molecule has 0 aliphatic heterocycles. The fraction of sp³-hybridized carbons (Fsp3) is 0.500. The van der Waals surface area contributed by atoms with Crippen LogP contribution in [0, 0.1) is 0 Å². The van der Waals surface area contributed by atoms with Crippen LogP contribution in [0.5, 0.6) is 0 Å². The number of hydrogen-bond donors (Lipinski definition) is 2. The highest BCUT2D eigenvalue weighted by atomic mass is 35.5. The van der Waals surface area contributed by atoms with Gasteiger partial charge in [0.05, 0.1) is 6.10 Å². The number of aromatic nitrogens is 5. The molecule has 0 amide bonds. The van der Waals surface area contributed by atoms with Crippen LogP contribution in [0.25, 0.3) is 5.95 Å². The largest absolute Gasteiger partial charge is 0.393 e. The number of imidazole rings is 1. The molecule has 1 saturated carbocycles. The molecule has 0 saturated heterocycles. The minimum Gasteiger partial charge on any atom is -0.393 e. The SMILES string of the molecule is OC1CCC(Nc2nc(Cl)nc(-n3ccnc3)n2)CC1. The summed E-state index contributed by atoms with van der Waals surface area (Å²) in [6, 6.07) is 0.257. The number of rotatable bonds is 3. The van der Waals surface area contributed by atoms with Crippen LogP contribution in [-0.4, -0.2) is 41.8 Å². The maximum Gasteiger partial charge on any atom is 0.241 e. The zero-order valence-electron chi connectivity index (χ0n) is 10.8. The number of halogens is 1. The molecule has 1 fully saturated rings. The van der Waals surface area contributed by atoms with E-state index in [1.165, 1.54) is 0 Å². The molecule has 0 bridgehead atoms. The van der Waals surface area contributed by atoms with Gasteiger partial charge in [0, 0.05) is 18.4 Å². The van der Waals surface area contributed by atoms with E-state index in [4.69, 9.17) is 11.6 Å². The fourth-order valence-electron chi connectivity index (χ4n) is 2.30. The highest BCUT2D eigenvalue weighted by Crippen LogP contribution is 2.21. The van der Waals surface area contributed by atoms with Crippen molar-refractivity contribution in [3.05, 3.63) is 24.0 Å². The summed E-state index contributed by atoms with van der Waals surface area (Å²) in [5.74, 6) is 0.885. The second-order valence-electron chi connectivity index (χ2n) is 4.85. The Morgan fingerprint density at radius 1 is 1.20 bits per heavy atom. The summed E-state index contributed by atoms with van der Waals surface area (Å²) in [7, 11) is 0. The molecular formula is C12H15ClN6O. The van der Waals surface area contributed by atoms with Crippen molar-refractivity contribution in [3.8, 4) is 5.95 Å². The lowest BCUT2D eigenvalue weighted by molar-refractivity contribution is 0.126. The lowest BCUT2D eigenvalue weighted by Gasteiger charge is -2.26. The molecule has 0 spiro atoms. The standard InChI is InChI=1S/C12H15ClN6O/c13-10-16-11(15-8-1-3-9(20)4-2-8)18-12(17-10)19-6-5-14-7-19/h5-9,20H,1-4H2,(H,15,16,17,18). The quantitative estimate of drug-likeness (QED) is 0.890. The Balaban J connectivity index is 1.76. The van der Waals surface area contributed by atoms with Gasteiger partial charge in [-0.15, -0.1) is 0 Å². The van der Waals surface area contributed by atoms with E-state index in [-0.39, 0.29) is 17.4 Å². The summed E-state index contributed by atoms with van der Waals surface area (Å²) in [6.07, 6.45) is 8.19. The van der Waals surface area contributed by atoms with Crippen LogP contribution in [0.1, 0.15) is 25.7 Å². The summed E-state index contributed by atoms with van der Waals surface area (Å²) in [5.41, 5.74) is 0. The average molecular weight is 295 g/mol. The molecule has 1 aliphatic carbocycles. The number of nitrogens with zero attached hydrogens (tertiary/aromatic N) is 5. The Labute approximate surface area is 121 Å². The summed E-state index contributed by atoms with van der Waals surface area (Å²) in [6.45, 7) is 0. The minimum absolute atomic E-state index is 0.141.